The predicted molar refractivity (Wildman–Crippen MR) is 63.0 cm³/mol. The topological polar surface area (TPSA) is 46.5 Å². The first-order chi connectivity index (χ1) is 8.11. The zero-order valence-corrected chi connectivity index (χ0v) is 10.0. The van der Waals surface area contributed by atoms with Crippen LogP contribution in [0.5, 0.6) is 5.75 Å². The molecule has 5 heteroatoms. The largest absolute Gasteiger partial charge is 0.489 e. The highest BCUT2D eigenvalue weighted by molar-refractivity contribution is 6.32. The van der Waals surface area contributed by atoms with Crippen LogP contribution < -0.4 is 4.74 Å². The van der Waals surface area contributed by atoms with Gasteiger partial charge in [0.05, 0.1) is 11.6 Å². The Morgan fingerprint density at radius 2 is 2.12 bits per heavy atom. The van der Waals surface area contributed by atoms with Crippen molar-refractivity contribution in [1.82, 2.24) is 0 Å². The van der Waals surface area contributed by atoms with Crippen molar-refractivity contribution in [2.24, 2.45) is 0 Å². The Morgan fingerprint density at radius 3 is 2.76 bits per heavy atom. The minimum Gasteiger partial charge on any atom is -0.489 e. The lowest BCUT2D eigenvalue weighted by atomic mass is 10.2. The number of hydrogen-bond acceptors (Lipinski definition) is 2. The van der Waals surface area contributed by atoms with Gasteiger partial charge in [0, 0.05) is 6.42 Å². The van der Waals surface area contributed by atoms with Gasteiger partial charge in [-0.2, -0.15) is 0 Å². The van der Waals surface area contributed by atoms with Crippen molar-refractivity contribution >= 4 is 17.6 Å². The number of benzene rings is 1. The summed E-state index contributed by atoms with van der Waals surface area (Å²) in [4.78, 5) is 10.2. The van der Waals surface area contributed by atoms with Crippen molar-refractivity contribution in [3.8, 4) is 5.75 Å². The van der Waals surface area contributed by atoms with Crippen LogP contribution in [0.4, 0.5) is 4.39 Å². The molecule has 0 bridgehead atoms. The Labute approximate surface area is 104 Å². The van der Waals surface area contributed by atoms with E-state index >= 15 is 0 Å². The van der Waals surface area contributed by atoms with Crippen LogP contribution in [-0.2, 0) is 4.79 Å². The summed E-state index contributed by atoms with van der Waals surface area (Å²) in [7, 11) is 0. The van der Waals surface area contributed by atoms with Crippen molar-refractivity contribution in [3.63, 3.8) is 0 Å². The van der Waals surface area contributed by atoms with E-state index in [2.05, 4.69) is 0 Å². The van der Waals surface area contributed by atoms with Crippen molar-refractivity contribution in [3.05, 3.63) is 29.0 Å². The quantitative estimate of drug-likeness (QED) is 0.763. The van der Waals surface area contributed by atoms with Gasteiger partial charge in [-0.25, -0.2) is 4.39 Å². The molecule has 0 fully saturated rings. The minimum absolute atomic E-state index is 0.0624. The smallest absolute Gasteiger partial charge is 0.303 e. The van der Waals surface area contributed by atoms with E-state index in [0.717, 1.165) is 6.42 Å². The van der Waals surface area contributed by atoms with Crippen LogP contribution in [0.25, 0.3) is 0 Å². The second-order valence-electron chi connectivity index (χ2n) is 3.60. The van der Waals surface area contributed by atoms with E-state index in [9.17, 15) is 9.18 Å². The van der Waals surface area contributed by atoms with Crippen LogP contribution in [0.3, 0.4) is 0 Å². The molecular formula is C12H14ClFO3. The van der Waals surface area contributed by atoms with Crippen LogP contribution in [0.1, 0.15) is 25.7 Å². The third-order valence-electron chi connectivity index (χ3n) is 2.20. The summed E-state index contributed by atoms with van der Waals surface area (Å²) in [6, 6.07) is 4.35. The van der Waals surface area contributed by atoms with Gasteiger partial charge in [-0.1, -0.05) is 17.7 Å². The monoisotopic (exact) mass is 260 g/mol. The molecule has 0 aliphatic carbocycles. The predicted octanol–water partition coefficient (Wildman–Crippen LogP) is 3.50. The van der Waals surface area contributed by atoms with Gasteiger partial charge in [-0.05, 0) is 31.4 Å². The molecule has 1 aromatic carbocycles. The van der Waals surface area contributed by atoms with Crippen LogP contribution in [0, 0.1) is 5.82 Å². The molecule has 1 N–H and O–H groups in total. The summed E-state index contributed by atoms with van der Waals surface area (Å²) < 4.78 is 18.5. The highest BCUT2D eigenvalue weighted by atomic mass is 35.5. The van der Waals surface area contributed by atoms with Crippen molar-refractivity contribution in [2.75, 3.05) is 6.61 Å². The Hall–Kier alpha value is -1.29. The number of carbonyl (C=O) groups is 1. The average molecular weight is 261 g/mol. The molecule has 0 unspecified atom stereocenters. The van der Waals surface area contributed by atoms with Gasteiger partial charge in [0.25, 0.3) is 0 Å². The third-order valence-corrected chi connectivity index (χ3v) is 2.50. The summed E-state index contributed by atoms with van der Waals surface area (Å²) >= 11 is 5.77. The van der Waals surface area contributed by atoms with Gasteiger partial charge in [0.2, 0.25) is 0 Å². The van der Waals surface area contributed by atoms with Crippen LogP contribution in [0.2, 0.25) is 5.02 Å². The number of para-hydroxylation sites is 1. The molecule has 94 valence electrons. The van der Waals surface area contributed by atoms with Crippen LogP contribution in [-0.4, -0.2) is 17.7 Å². The lowest BCUT2D eigenvalue weighted by molar-refractivity contribution is -0.137. The maximum Gasteiger partial charge on any atom is 0.303 e. The number of carboxylic acids is 1. The SMILES string of the molecule is O=C(O)CCCCCOc1c(F)cccc1Cl. The Kier molecular flexibility index (Phi) is 5.77. The number of hydrogen-bond donors (Lipinski definition) is 1. The summed E-state index contributed by atoms with van der Waals surface area (Å²) in [6.45, 7) is 0.334. The van der Waals surface area contributed by atoms with Gasteiger partial charge in [0.1, 0.15) is 0 Å². The van der Waals surface area contributed by atoms with Crippen LogP contribution >= 0.6 is 11.6 Å². The molecule has 0 radical (unpaired) electrons. The number of ether oxygens (including phenoxy) is 1. The first-order valence-electron chi connectivity index (χ1n) is 5.40. The molecule has 1 rings (SSSR count). The number of halogens is 2. The lowest BCUT2D eigenvalue weighted by Crippen LogP contribution is -2.01. The molecule has 0 aliphatic rings. The molecule has 0 aromatic heterocycles. The summed E-state index contributed by atoms with van der Waals surface area (Å²) in [6.07, 6.45) is 2.17. The highest BCUT2D eigenvalue weighted by Crippen LogP contribution is 2.27. The molecule has 1 aromatic rings. The van der Waals surface area contributed by atoms with Gasteiger partial charge in [-0.3, -0.25) is 4.79 Å². The average Bonchev–Trinajstić information content (AvgIpc) is 2.26. The highest BCUT2D eigenvalue weighted by Gasteiger charge is 2.07. The Bertz CT molecular complexity index is 362. The fourth-order valence-corrected chi connectivity index (χ4v) is 1.57. The molecule has 17 heavy (non-hydrogen) atoms. The Balaban J connectivity index is 2.24. The zero-order chi connectivity index (χ0) is 12.7. The fourth-order valence-electron chi connectivity index (χ4n) is 1.35. The minimum atomic E-state index is -0.803. The molecule has 0 saturated carbocycles. The van der Waals surface area contributed by atoms with E-state index in [-0.39, 0.29) is 17.2 Å². The maximum absolute atomic E-state index is 13.2. The van der Waals surface area contributed by atoms with E-state index in [1.54, 1.807) is 6.07 Å². The van der Waals surface area contributed by atoms with Gasteiger partial charge in [-0.15, -0.1) is 0 Å². The first-order valence-corrected chi connectivity index (χ1v) is 5.77. The molecule has 0 aliphatic heterocycles. The summed E-state index contributed by atoms with van der Waals surface area (Å²) in [5.74, 6) is -1.22. The third kappa shape index (κ3) is 5.04. The Morgan fingerprint density at radius 1 is 1.35 bits per heavy atom. The van der Waals surface area contributed by atoms with Crippen molar-refractivity contribution in [2.45, 2.75) is 25.7 Å². The maximum atomic E-state index is 13.2. The molecule has 0 spiro atoms. The first kappa shape index (κ1) is 13.8. The van der Waals surface area contributed by atoms with E-state index < -0.39 is 11.8 Å². The summed E-state index contributed by atoms with van der Waals surface area (Å²) in [5.41, 5.74) is 0. The van der Waals surface area contributed by atoms with Gasteiger partial charge >= 0.3 is 5.97 Å². The van der Waals surface area contributed by atoms with Gasteiger partial charge < -0.3 is 9.84 Å². The van der Waals surface area contributed by atoms with E-state index in [4.69, 9.17) is 21.4 Å². The zero-order valence-electron chi connectivity index (χ0n) is 9.29. The molecule has 0 amide bonds. The number of aliphatic carboxylic acids is 1. The second kappa shape index (κ2) is 7.12. The van der Waals surface area contributed by atoms with E-state index in [1.165, 1.54) is 12.1 Å². The number of unbranched alkanes of at least 4 members (excludes halogenated alkanes) is 2. The molecule has 3 nitrogen and oxygen atoms in total. The second-order valence-corrected chi connectivity index (χ2v) is 4.01. The molecule has 0 atom stereocenters. The van der Waals surface area contributed by atoms with Gasteiger partial charge in [0.15, 0.2) is 11.6 Å². The normalized spacial score (nSPS) is 10.2. The van der Waals surface area contributed by atoms with Crippen LogP contribution in [0.15, 0.2) is 18.2 Å². The number of rotatable bonds is 7. The molecule has 0 saturated heterocycles. The standard InChI is InChI=1S/C12H14ClFO3/c13-9-5-4-6-10(14)12(9)17-8-3-1-2-7-11(15)16/h4-6H,1-3,7-8H2,(H,15,16). The fraction of sp³-hybridized carbons (Fsp3) is 0.417. The van der Waals surface area contributed by atoms with Crippen molar-refractivity contribution < 1.29 is 19.0 Å². The van der Waals surface area contributed by atoms with Crippen molar-refractivity contribution in [1.29, 1.82) is 0 Å². The molecule has 0 heterocycles. The molecular weight excluding hydrogens is 247 g/mol. The van der Waals surface area contributed by atoms with E-state index in [1.807, 2.05) is 0 Å². The summed E-state index contributed by atoms with van der Waals surface area (Å²) in [5, 5.41) is 8.67. The lowest BCUT2D eigenvalue weighted by Gasteiger charge is -2.08. The number of carboxylic acid groups (broad SMARTS) is 1. The van der Waals surface area contributed by atoms with E-state index in [0.29, 0.717) is 19.4 Å².